The lowest BCUT2D eigenvalue weighted by Gasteiger charge is -1.98. The van der Waals surface area contributed by atoms with Crippen molar-refractivity contribution in [1.29, 1.82) is 0 Å². The number of rotatable bonds is 4. The molecule has 5 nitrogen and oxygen atoms in total. The number of ether oxygens (including phenoxy) is 1. The normalized spacial score (nSPS) is 9.75. The molecule has 0 saturated heterocycles. The van der Waals surface area contributed by atoms with E-state index in [-0.39, 0.29) is 5.97 Å². The van der Waals surface area contributed by atoms with E-state index >= 15 is 0 Å². The smallest absolute Gasteiger partial charge is 0.306 e. The summed E-state index contributed by atoms with van der Waals surface area (Å²) in [4.78, 5) is 10.9. The topological polar surface area (TPSA) is 67.9 Å². The highest BCUT2D eigenvalue weighted by Gasteiger charge is 2.03. The Kier molecular flexibility index (Phi) is 3.25. The van der Waals surface area contributed by atoms with Gasteiger partial charge in [0, 0.05) is 12.6 Å². The van der Waals surface area contributed by atoms with Crippen LogP contribution in [0.3, 0.4) is 0 Å². The summed E-state index contributed by atoms with van der Waals surface area (Å²) in [5.74, 6) is -0.194. The second-order valence-electron chi connectivity index (χ2n) is 2.27. The molecule has 1 N–H and O–H groups in total. The Balaban J connectivity index is 2.22. The molecule has 0 saturated carbocycles. The van der Waals surface area contributed by atoms with Crippen LogP contribution in [0.1, 0.15) is 19.0 Å². The average Bonchev–Trinajstić information content (AvgIpc) is 2.53. The fourth-order valence-corrected chi connectivity index (χ4v) is 0.811. The molecular formula is C7H11N3O2. The van der Waals surface area contributed by atoms with Crippen LogP contribution in [-0.2, 0) is 16.0 Å². The Hall–Kier alpha value is -1.39. The largest absolute Gasteiger partial charge is 0.466 e. The second kappa shape index (κ2) is 4.48. The summed E-state index contributed by atoms with van der Waals surface area (Å²) in [5, 5.41) is 9.83. The van der Waals surface area contributed by atoms with E-state index in [0.717, 1.165) is 5.69 Å². The van der Waals surface area contributed by atoms with Gasteiger partial charge in [0.1, 0.15) is 0 Å². The Morgan fingerprint density at radius 3 is 3.17 bits per heavy atom. The van der Waals surface area contributed by atoms with Crippen LogP contribution in [-0.4, -0.2) is 28.0 Å². The van der Waals surface area contributed by atoms with Crippen LogP contribution in [0, 0.1) is 0 Å². The molecule has 0 atom stereocenters. The fraction of sp³-hybridized carbons (Fsp3) is 0.571. The van der Waals surface area contributed by atoms with Crippen LogP contribution in [0.5, 0.6) is 0 Å². The minimum atomic E-state index is -0.194. The molecule has 0 amide bonds. The summed E-state index contributed by atoms with van der Waals surface area (Å²) >= 11 is 0. The molecule has 0 spiro atoms. The molecular weight excluding hydrogens is 158 g/mol. The van der Waals surface area contributed by atoms with Crippen molar-refractivity contribution in [2.45, 2.75) is 19.8 Å². The highest BCUT2D eigenvalue weighted by molar-refractivity contribution is 5.69. The SMILES string of the molecule is CCOC(=O)CCc1c[nH]nn1. The number of H-pyrrole nitrogens is 1. The van der Waals surface area contributed by atoms with Gasteiger partial charge in [-0.05, 0) is 6.92 Å². The predicted octanol–water partition coefficient (Wildman–Crippen LogP) is 0.300. The number of hydrogen-bond acceptors (Lipinski definition) is 4. The number of carbonyl (C=O) groups is 1. The van der Waals surface area contributed by atoms with E-state index in [2.05, 4.69) is 15.4 Å². The van der Waals surface area contributed by atoms with Crippen molar-refractivity contribution in [3.63, 3.8) is 0 Å². The van der Waals surface area contributed by atoms with E-state index in [1.54, 1.807) is 13.1 Å². The molecule has 0 aliphatic rings. The van der Waals surface area contributed by atoms with Crippen molar-refractivity contribution in [2.24, 2.45) is 0 Å². The molecule has 1 rings (SSSR count). The van der Waals surface area contributed by atoms with Crippen LogP contribution in [0.25, 0.3) is 0 Å². The first-order valence-corrected chi connectivity index (χ1v) is 3.84. The van der Waals surface area contributed by atoms with Gasteiger partial charge in [0.25, 0.3) is 0 Å². The molecule has 1 aromatic rings. The van der Waals surface area contributed by atoms with Gasteiger partial charge < -0.3 is 4.74 Å². The van der Waals surface area contributed by atoms with E-state index in [1.165, 1.54) is 0 Å². The lowest BCUT2D eigenvalue weighted by atomic mass is 10.2. The number of esters is 1. The first kappa shape index (κ1) is 8.70. The standard InChI is InChI=1S/C7H11N3O2/c1-2-12-7(11)4-3-6-5-8-10-9-6/h5H,2-4H2,1H3,(H,8,9,10). The van der Waals surface area contributed by atoms with Gasteiger partial charge in [0.15, 0.2) is 0 Å². The van der Waals surface area contributed by atoms with Gasteiger partial charge in [0.05, 0.1) is 18.7 Å². The van der Waals surface area contributed by atoms with Gasteiger partial charge in [-0.25, -0.2) is 0 Å². The maximum absolute atomic E-state index is 10.9. The van der Waals surface area contributed by atoms with E-state index < -0.39 is 0 Å². The van der Waals surface area contributed by atoms with Crippen molar-refractivity contribution in [1.82, 2.24) is 15.4 Å². The molecule has 0 bridgehead atoms. The monoisotopic (exact) mass is 169 g/mol. The Bertz CT molecular complexity index is 233. The Labute approximate surface area is 70.1 Å². The van der Waals surface area contributed by atoms with E-state index in [1.807, 2.05) is 0 Å². The quantitative estimate of drug-likeness (QED) is 0.658. The van der Waals surface area contributed by atoms with Gasteiger partial charge in [-0.1, -0.05) is 5.21 Å². The third-order valence-electron chi connectivity index (χ3n) is 1.36. The van der Waals surface area contributed by atoms with Gasteiger partial charge in [-0.2, -0.15) is 0 Å². The highest BCUT2D eigenvalue weighted by Crippen LogP contribution is 1.96. The van der Waals surface area contributed by atoms with Crippen molar-refractivity contribution in [3.8, 4) is 0 Å². The number of nitrogens with one attached hydrogen (secondary N) is 1. The van der Waals surface area contributed by atoms with Gasteiger partial charge in [-0.3, -0.25) is 9.89 Å². The Morgan fingerprint density at radius 2 is 2.58 bits per heavy atom. The molecule has 1 heterocycles. The molecule has 0 fully saturated rings. The number of hydrogen-bond donors (Lipinski definition) is 1. The summed E-state index contributed by atoms with van der Waals surface area (Å²) in [6.07, 6.45) is 2.61. The summed E-state index contributed by atoms with van der Waals surface area (Å²) in [5.41, 5.74) is 0.781. The van der Waals surface area contributed by atoms with Gasteiger partial charge >= 0.3 is 5.97 Å². The third kappa shape index (κ3) is 2.69. The summed E-state index contributed by atoms with van der Waals surface area (Å²) in [6.45, 7) is 2.21. The molecule has 66 valence electrons. The Morgan fingerprint density at radius 1 is 1.75 bits per heavy atom. The number of aromatic nitrogens is 3. The summed E-state index contributed by atoms with van der Waals surface area (Å²) in [6, 6.07) is 0. The highest BCUT2D eigenvalue weighted by atomic mass is 16.5. The van der Waals surface area contributed by atoms with Crippen molar-refractivity contribution >= 4 is 5.97 Å². The zero-order valence-corrected chi connectivity index (χ0v) is 6.91. The molecule has 0 radical (unpaired) electrons. The van der Waals surface area contributed by atoms with Gasteiger partial charge in [-0.15, -0.1) is 5.10 Å². The number of aryl methyl sites for hydroxylation is 1. The fourth-order valence-electron chi connectivity index (χ4n) is 0.811. The molecule has 0 aliphatic carbocycles. The maximum Gasteiger partial charge on any atom is 0.306 e. The molecule has 0 aliphatic heterocycles. The molecule has 0 unspecified atom stereocenters. The van der Waals surface area contributed by atoms with E-state index in [0.29, 0.717) is 19.4 Å². The first-order chi connectivity index (χ1) is 5.83. The zero-order chi connectivity index (χ0) is 8.81. The zero-order valence-electron chi connectivity index (χ0n) is 6.91. The van der Waals surface area contributed by atoms with Crippen LogP contribution in [0.2, 0.25) is 0 Å². The van der Waals surface area contributed by atoms with Crippen molar-refractivity contribution in [2.75, 3.05) is 6.61 Å². The van der Waals surface area contributed by atoms with Crippen molar-refractivity contribution in [3.05, 3.63) is 11.9 Å². The van der Waals surface area contributed by atoms with E-state index in [4.69, 9.17) is 4.74 Å². The number of carbonyl (C=O) groups excluding carboxylic acids is 1. The maximum atomic E-state index is 10.9. The molecule has 12 heavy (non-hydrogen) atoms. The van der Waals surface area contributed by atoms with Crippen LogP contribution in [0.15, 0.2) is 6.20 Å². The minimum Gasteiger partial charge on any atom is -0.466 e. The summed E-state index contributed by atoms with van der Waals surface area (Å²) < 4.78 is 4.74. The van der Waals surface area contributed by atoms with Gasteiger partial charge in [0.2, 0.25) is 0 Å². The molecule has 0 aromatic carbocycles. The number of aromatic amines is 1. The first-order valence-electron chi connectivity index (χ1n) is 3.84. The van der Waals surface area contributed by atoms with Crippen LogP contribution in [0.4, 0.5) is 0 Å². The van der Waals surface area contributed by atoms with Crippen LogP contribution < -0.4 is 0 Å². The third-order valence-corrected chi connectivity index (χ3v) is 1.36. The molecule has 5 heteroatoms. The average molecular weight is 169 g/mol. The van der Waals surface area contributed by atoms with Crippen molar-refractivity contribution < 1.29 is 9.53 Å². The lowest BCUT2D eigenvalue weighted by Crippen LogP contribution is -2.05. The second-order valence-corrected chi connectivity index (χ2v) is 2.27. The number of nitrogens with zero attached hydrogens (tertiary/aromatic N) is 2. The molecule has 1 aromatic heterocycles. The minimum absolute atomic E-state index is 0.194. The summed E-state index contributed by atoms with van der Waals surface area (Å²) in [7, 11) is 0. The predicted molar refractivity (Wildman–Crippen MR) is 41.3 cm³/mol. The van der Waals surface area contributed by atoms with Crippen LogP contribution >= 0.6 is 0 Å². The lowest BCUT2D eigenvalue weighted by molar-refractivity contribution is -0.143. The van der Waals surface area contributed by atoms with E-state index in [9.17, 15) is 4.79 Å².